The maximum atomic E-state index is 11.2. The topological polar surface area (TPSA) is 57.6 Å². The maximum absolute atomic E-state index is 11.2. The first-order valence-electron chi connectivity index (χ1n) is 6.01. The molecule has 0 aliphatic carbocycles. The molecule has 0 spiro atoms. The number of aromatic nitrogens is 1. The van der Waals surface area contributed by atoms with E-state index in [-0.39, 0.29) is 0 Å². The molecule has 19 heavy (non-hydrogen) atoms. The zero-order valence-electron chi connectivity index (χ0n) is 10.5. The van der Waals surface area contributed by atoms with Crippen LogP contribution in [0.3, 0.4) is 0 Å². The van der Waals surface area contributed by atoms with Crippen LogP contribution in [-0.2, 0) is 4.79 Å². The summed E-state index contributed by atoms with van der Waals surface area (Å²) in [7, 11) is 0. The van der Waals surface area contributed by atoms with Crippen LogP contribution >= 0.6 is 23.3 Å². The number of carbonyl (C=O) groups is 1. The highest BCUT2D eigenvalue weighted by molar-refractivity contribution is 7.96. The fraction of sp³-hybridized carbons (Fsp3) is 0.417. The van der Waals surface area contributed by atoms with E-state index < -0.39 is 0 Å². The molecule has 3 rings (SSSR count). The van der Waals surface area contributed by atoms with Crippen LogP contribution in [0.5, 0.6) is 0 Å². The molecule has 1 unspecified atom stereocenters. The second-order valence-electron chi connectivity index (χ2n) is 4.40. The molecule has 7 heteroatoms. The Morgan fingerprint density at radius 2 is 2.53 bits per heavy atom. The van der Waals surface area contributed by atoms with Crippen LogP contribution in [0, 0.1) is 0 Å². The molecule has 0 amide bonds. The van der Waals surface area contributed by atoms with Crippen LogP contribution in [0.15, 0.2) is 27.8 Å². The summed E-state index contributed by atoms with van der Waals surface area (Å²) >= 11 is 3.19. The predicted octanol–water partition coefficient (Wildman–Crippen LogP) is 1.30. The van der Waals surface area contributed by atoms with Crippen molar-refractivity contribution in [2.24, 2.45) is 4.99 Å². The molecule has 3 heterocycles. The lowest BCUT2D eigenvalue weighted by atomic mass is 10.1. The van der Waals surface area contributed by atoms with E-state index in [1.165, 1.54) is 0 Å². The van der Waals surface area contributed by atoms with E-state index >= 15 is 0 Å². The highest BCUT2D eigenvalue weighted by Crippen LogP contribution is 2.30. The number of aldehydes is 1. The Balaban J connectivity index is 1.92. The molecular weight excluding hydrogens is 280 g/mol. The second kappa shape index (κ2) is 5.44. The van der Waals surface area contributed by atoms with Crippen molar-refractivity contribution in [1.82, 2.24) is 14.6 Å². The highest BCUT2D eigenvalue weighted by Gasteiger charge is 2.35. The number of hydrogen-bond donors (Lipinski definition) is 1. The van der Waals surface area contributed by atoms with E-state index in [2.05, 4.69) is 19.6 Å². The first-order valence-corrected chi connectivity index (χ1v) is 8.11. The van der Waals surface area contributed by atoms with Crippen LogP contribution in [0.25, 0.3) is 0 Å². The van der Waals surface area contributed by atoms with E-state index in [9.17, 15) is 4.79 Å². The van der Waals surface area contributed by atoms with Gasteiger partial charge in [-0.3, -0.25) is 14.5 Å². The number of carbonyl (C=O) groups excluding carboxylic acids is 1. The minimum atomic E-state index is 0.350. The number of rotatable bonds is 4. The number of thiazole rings is 1. The lowest BCUT2D eigenvalue weighted by Gasteiger charge is -2.25. The summed E-state index contributed by atoms with van der Waals surface area (Å²) in [4.78, 5) is 22.2. The van der Waals surface area contributed by atoms with Gasteiger partial charge in [0, 0.05) is 41.9 Å². The lowest BCUT2D eigenvalue weighted by Crippen LogP contribution is -2.35. The third-order valence-electron chi connectivity index (χ3n) is 3.24. The number of nitrogens with one attached hydrogen (secondary N) is 1. The average molecular weight is 294 g/mol. The van der Waals surface area contributed by atoms with E-state index in [1.54, 1.807) is 29.5 Å². The number of amidine groups is 1. The van der Waals surface area contributed by atoms with Crippen molar-refractivity contribution < 1.29 is 4.79 Å². The number of nitrogens with zero attached hydrogens (tertiary/aromatic N) is 3. The van der Waals surface area contributed by atoms with Gasteiger partial charge in [-0.2, -0.15) is 0 Å². The number of aliphatic imine (C=N–C) groups is 1. The van der Waals surface area contributed by atoms with Gasteiger partial charge in [0.05, 0.1) is 6.54 Å². The summed E-state index contributed by atoms with van der Waals surface area (Å²) in [5.74, 6) is 0.904. The molecule has 0 bridgehead atoms. The average Bonchev–Trinajstić information content (AvgIpc) is 3.06. The van der Waals surface area contributed by atoms with Gasteiger partial charge in [0.25, 0.3) is 0 Å². The first-order chi connectivity index (χ1) is 9.33. The number of fused-ring (bicyclic) bond motifs is 1. The largest absolute Gasteiger partial charge is 0.326 e. The molecule has 0 saturated carbocycles. The van der Waals surface area contributed by atoms with Gasteiger partial charge in [0.1, 0.15) is 6.29 Å². The van der Waals surface area contributed by atoms with Gasteiger partial charge in [-0.1, -0.05) is 11.9 Å². The molecule has 1 aromatic rings. The predicted molar refractivity (Wildman–Crippen MR) is 78.4 cm³/mol. The quantitative estimate of drug-likeness (QED) is 0.670. The fourth-order valence-electron chi connectivity index (χ4n) is 2.46. The van der Waals surface area contributed by atoms with Crippen LogP contribution in [0.1, 0.15) is 11.4 Å². The SMILES string of the molecule is CSNC1CC2=C(C=O)CN=C(c3nccs3)N2C1. The highest BCUT2D eigenvalue weighted by atomic mass is 32.2. The number of hydrogen-bond acceptors (Lipinski definition) is 7. The lowest BCUT2D eigenvalue weighted by molar-refractivity contribution is -0.105. The smallest absolute Gasteiger partial charge is 0.165 e. The van der Waals surface area contributed by atoms with Crippen molar-refractivity contribution in [2.45, 2.75) is 12.5 Å². The Labute approximate surface area is 119 Å². The molecule has 2 aliphatic rings. The van der Waals surface area contributed by atoms with Crippen molar-refractivity contribution in [3.05, 3.63) is 27.9 Å². The Kier molecular flexibility index (Phi) is 3.67. The molecule has 0 aromatic carbocycles. The third-order valence-corrected chi connectivity index (χ3v) is 4.58. The van der Waals surface area contributed by atoms with Gasteiger partial charge in [-0.05, 0) is 6.26 Å². The molecule has 0 radical (unpaired) electrons. The van der Waals surface area contributed by atoms with Crippen LogP contribution in [0.4, 0.5) is 0 Å². The Morgan fingerprint density at radius 1 is 1.63 bits per heavy atom. The zero-order valence-corrected chi connectivity index (χ0v) is 12.1. The standard InChI is InChI=1S/C12H14N4OS2/c1-18-15-9-4-10-8(7-17)5-14-11(16(10)6-9)12-13-2-3-19-12/h2-3,7,9,15H,4-6H2,1H3. The van der Waals surface area contributed by atoms with Gasteiger partial charge in [-0.25, -0.2) is 4.98 Å². The van der Waals surface area contributed by atoms with Gasteiger partial charge in [0.2, 0.25) is 0 Å². The van der Waals surface area contributed by atoms with E-state index in [0.29, 0.717) is 12.6 Å². The van der Waals surface area contributed by atoms with Gasteiger partial charge in [-0.15, -0.1) is 11.3 Å². The molecule has 1 aromatic heterocycles. The zero-order chi connectivity index (χ0) is 13.2. The van der Waals surface area contributed by atoms with E-state index in [4.69, 9.17) is 0 Å². The minimum absolute atomic E-state index is 0.350. The normalized spacial score (nSPS) is 22.5. The molecule has 1 saturated heterocycles. The van der Waals surface area contributed by atoms with E-state index in [1.807, 2.05) is 11.6 Å². The maximum Gasteiger partial charge on any atom is 0.165 e. The van der Waals surface area contributed by atoms with Gasteiger partial charge >= 0.3 is 0 Å². The molecule has 5 nitrogen and oxygen atoms in total. The van der Waals surface area contributed by atoms with Crippen molar-refractivity contribution in [2.75, 3.05) is 19.3 Å². The molecule has 1 N–H and O–H groups in total. The summed E-state index contributed by atoms with van der Waals surface area (Å²) in [5.41, 5.74) is 1.90. The molecule has 1 fully saturated rings. The van der Waals surface area contributed by atoms with Gasteiger partial charge in [0.15, 0.2) is 10.8 Å². The fourth-order valence-corrected chi connectivity index (χ4v) is 3.61. The Bertz CT molecular complexity index is 538. The van der Waals surface area contributed by atoms with Crippen molar-refractivity contribution in [1.29, 1.82) is 0 Å². The summed E-state index contributed by atoms with van der Waals surface area (Å²) < 4.78 is 3.36. The Hall–Kier alpha value is -1.18. The van der Waals surface area contributed by atoms with Crippen molar-refractivity contribution >= 4 is 35.4 Å². The minimum Gasteiger partial charge on any atom is -0.326 e. The molecule has 2 aliphatic heterocycles. The summed E-state index contributed by atoms with van der Waals surface area (Å²) in [6, 6.07) is 0.350. The second-order valence-corrected chi connectivity index (χ2v) is 5.94. The molecule has 1 atom stereocenters. The monoisotopic (exact) mass is 294 g/mol. The molecular formula is C12H14N4OS2. The Morgan fingerprint density at radius 3 is 3.21 bits per heavy atom. The first kappa shape index (κ1) is 12.8. The van der Waals surface area contributed by atoms with Crippen molar-refractivity contribution in [3.8, 4) is 0 Å². The summed E-state index contributed by atoms with van der Waals surface area (Å²) in [6.07, 6.45) is 5.61. The molecule has 100 valence electrons. The van der Waals surface area contributed by atoms with E-state index in [0.717, 1.165) is 41.4 Å². The van der Waals surface area contributed by atoms with Crippen LogP contribution in [0.2, 0.25) is 0 Å². The van der Waals surface area contributed by atoms with Gasteiger partial charge < -0.3 is 4.90 Å². The summed E-state index contributed by atoms with van der Waals surface area (Å²) in [5, 5.41) is 2.87. The van der Waals surface area contributed by atoms with Crippen molar-refractivity contribution in [3.63, 3.8) is 0 Å². The summed E-state index contributed by atoms with van der Waals surface area (Å²) in [6.45, 7) is 1.31. The van der Waals surface area contributed by atoms with Crippen LogP contribution in [-0.4, -0.2) is 47.4 Å². The van der Waals surface area contributed by atoms with Crippen LogP contribution < -0.4 is 4.72 Å². The third kappa shape index (κ3) is 2.33.